The summed E-state index contributed by atoms with van der Waals surface area (Å²) in [5.41, 5.74) is 3.94. The van der Waals surface area contributed by atoms with E-state index >= 15 is 0 Å². The van der Waals surface area contributed by atoms with Crippen LogP contribution in [0.3, 0.4) is 0 Å². The number of unbranched alkanes of at least 4 members (excludes halogenated alkanes) is 4. The molecule has 6 rings (SSSR count). The predicted octanol–water partition coefficient (Wildman–Crippen LogP) is -2.89. The maximum Gasteiger partial charge on any atom is 3.00 e. The van der Waals surface area contributed by atoms with Crippen LogP contribution >= 0.6 is 0 Å². The summed E-state index contributed by atoms with van der Waals surface area (Å²) in [6, 6.07) is 22.1. The number of nitrogens with zero attached hydrogens (tertiary/aromatic N) is 5. The van der Waals surface area contributed by atoms with E-state index < -0.39 is 25.6 Å². The van der Waals surface area contributed by atoms with Crippen LogP contribution < -0.4 is 58.5 Å². The van der Waals surface area contributed by atoms with Gasteiger partial charge in [-0.3, -0.25) is 19.2 Å². The molecule has 4 aromatic heterocycles. The van der Waals surface area contributed by atoms with E-state index in [9.17, 15) is 19.2 Å². The molecule has 72 heavy (non-hydrogen) atoms. The molecule has 2 aromatic carbocycles. The second-order valence-corrected chi connectivity index (χ2v) is 16.1. The molecule has 0 saturated heterocycles. The van der Waals surface area contributed by atoms with Gasteiger partial charge in [0, 0.05) is 47.7 Å². The Balaban J connectivity index is 0.00000108. The number of halogens is 2. The van der Waals surface area contributed by atoms with Gasteiger partial charge in [0.2, 0.25) is 0 Å². The minimum absolute atomic E-state index is 0. The first-order valence-electron chi connectivity index (χ1n) is 21.6. The molecule has 0 aliphatic heterocycles. The summed E-state index contributed by atoms with van der Waals surface area (Å²) in [5, 5.41) is 29.8. The second kappa shape index (κ2) is 34.1. The van der Waals surface area contributed by atoms with Crippen LogP contribution in [0.15, 0.2) is 72.8 Å². The number of benzene rings is 2. The van der Waals surface area contributed by atoms with Crippen molar-refractivity contribution >= 4 is 67.2 Å². The molecule has 0 fully saturated rings. The number of pyridine rings is 4. The van der Waals surface area contributed by atoms with Crippen molar-refractivity contribution in [2.45, 2.75) is 79.1 Å². The van der Waals surface area contributed by atoms with E-state index in [2.05, 4.69) is 68.9 Å². The van der Waals surface area contributed by atoms with Gasteiger partial charge in [-0.2, -0.15) is 0 Å². The van der Waals surface area contributed by atoms with Gasteiger partial charge in [-0.1, -0.05) is 102 Å². The molecule has 0 atom stereocenters. The summed E-state index contributed by atoms with van der Waals surface area (Å²) in [6.45, 7) is 10.8. The molecular weight excluding hydrogens is 1140 g/mol. The summed E-state index contributed by atoms with van der Waals surface area (Å²) in [6.07, 6.45) is 7.79. The normalized spacial score (nSPS) is 10.5. The Morgan fingerprint density at radius 1 is 0.417 bits per heavy atom. The van der Waals surface area contributed by atoms with Gasteiger partial charge in [-0.15, -0.1) is 20.5 Å². The van der Waals surface area contributed by atoms with Crippen LogP contribution in [0.2, 0.25) is 0 Å². The maximum absolute atomic E-state index is 12.4. The molecule has 4 amide bonds. The zero-order valence-electron chi connectivity index (χ0n) is 39.3. The third-order valence-corrected chi connectivity index (χ3v) is 9.23. The molecule has 1 radical (unpaired) electrons. The van der Waals surface area contributed by atoms with E-state index in [4.69, 9.17) is 52.6 Å². The molecule has 395 valence electrons. The Hall–Kier alpha value is -5.35. The fourth-order valence-corrected chi connectivity index (χ4v) is 5.92. The van der Waals surface area contributed by atoms with Crippen molar-refractivity contribution in [3.8, 4) is 0 Å². The van der Waals surface area contributed by atoms with Crippen molar-refractivity contribution in [2.75, 3.05) is 26.2 Å². The zero-order valence-corrected chi connectivity index (χ0v) is 42.9. The molecule has 0 aliphatic rings. The number of hydrogen-bond acceptors (Lipinski definition) is 19. The van der Waals surface area contributed by atoms with Gasteiger partial charge in [0.1, 0.15) is 22.8 Å². The molecule has 28 heteroatoms. The molecule has 6 aromatic rings. The van der Waals surface area contributed by atoms with Crippen LogP contribution in [0, 0.1) is 74.0 Å². The number of nitrogens with one attached hydrogen (secondary N) is 4. The quantitative estimate of drug-likeness (QED) is 0.0327. The largest absolute Gasteiger partial charge is 3.00 e. The van der Waals surface area contributed by atoms with Crippen LogP contribution in [0.4, 0.5) is 0 Å². The third kappa shape index (κ3) is 25.9. The minimum Gasteiger partial charge on any atom is -0.412 e. The Morgan fingerprint density at radius 3 is 0.722 bits per heavy atom. The molecule has 0 aliphatic carbocycles. The van der Waals surface area contributed by atoms with E-state index in [-0.39, 0.29) is 67.3 Å². The van der Waals surface area contributed by atoms with Gasteiger partial charge in [0.25, 0.3) is 23.6 Å². The summed E-state index contributed by atoms with van der Waals surface area (Å²) < 4.78 is 67.9. The molecule has 0 spiro atoms. The van der Waals surface area contributed by atoms with Crippen LogP contribution in [0.5, 0.6) is 0 Å². The standard InChI is InChI=1S/2C22H26N4O2.2ClHO4.Dy.NO3.H2O/c2*1-3-5-13-23-21(27)17-11-9-15-7-8-16-10-12-18(22(28)24-14-6-4-2)26-20(16)19(15)25-17;2*2-1(3,4)5;;2-1(3)4;/h2*7-12H,3-6,13-14H2,1-2H3,(H,23,27)(H,24,28);2*(H,2,3,4,5);;;1H2/q;;;;+3;-1;/p-2. The fourth-order valence-electron chi connectivity index (χ4n) is 5.92. The second-order valence-electron chi connectivity index (χ2n) is 14.6. The molecule has 6 N–H and O–H groups in total. The Bertz CT molecular complexity index is 2330. The van der Waals surface area contributed by atoms with Gasteiger partial charge < -0.3 is 42.1 Å². The van der Waals surface area contributed by atoms with Crippen molar-refractivity contribution in [3.63, 3.8) is 0 Å². The fraction of sp³-hybridized carbons (Fsp3) is 0.364. The molecule has 0 saturated carbocycles. The van der Waals surface area contributed by atoms with Crippen LogP contribution in [0.1, 0.15) is 121 Å². The van der Waals surface area contributed by atoms with Crippen molar-refractivity contribution in [2.24, 2.45) is 0 Å². The smallest absolute Gasteiger partial charge is 0.412 e. The van der Waals surface area contributed by atoms with E-state index in [1.54, 1.807) is 24.3 Å². The zero-order chi connectivity index (χ0) is 52.4. The molecular formula is C44H54Cl2DyN9O16. The van der Waals surface area contributed by atoms with E-state index in [1.165, 1.54) is 0 Å². The summed E-state index contributed by atoms with van der Waals surface area (Å²) >= 11 is 0. The van der Waals surface area contributed by atoms with Crippen molar-refractivity contribution < 1.29 is 126 Å². The Kier molecular flexibility index (Phi) is 31.6. The number of hydrogen-bond donors (Lipinski definition) is 4. The Labute approximate surface area is 447 Å². The SMILES string of the molecule is CCCCNC(=O)c1ccc2ccc3ccc(C(=O)NCCCC)nc3c2n1.CCCCNC(=O)c1ccc2ccc3ccc(C(=O)NCCCC)nc3c2n1.O.O=[N+]([O-])[O-].[Dy+3].[O-][Cl+3]([O-])([O-])[O-].[O-][Cl+3]([O-])([O-])[O-]. The predicted molar refractivity (Wildman–Crippen MR) is 237 cm³/mol. The van der Waals surface area contributed by atoms with Crippen LogP contribution in [-0.2, 0) is 0 Å². The van der Waals surface area contributed by atoms with Gasteiger partial charge in [-0.05, 0) is 49.9 Å². The third-order valence-electron chi connectivity index (χ3n) is 9.23. The summed E-state index contributed by atoms with van der Waals surface area (Å²) in [7, 11) is -9.89. The number of fused-ring (bicyclic) bond motifs is 6. The van der Waals surface area contributed by atoms with E-state index in [0.717, 1.165) is 72.9 Å². The number of rotatable bonds is 16. The average molecular weight is 1200 g/mol. The topological polar surface area (TPSA) is 450 Å². The molecule has 25 nitrogen and oxygen atoms in total. The number of aromatic nitrogens is 4. The van der Waals surface area contributed by atoms with Crippen LogP contribution in [0.25, 0.3) is 43.6 Å². The Morgan fingerprint density at radius 2 is 0.569 bits per heavy atom. The minimum atomic E-state index is -4.94. The van der Waals surface area contributed by atoms with Gasteiger partial charge in [0.15, 0.2) is 0 Å². The summed E-state index contributed by atoms with van der Waals surface area (Å²) in [5.74, 6) is -0.775. The van der Waals surface area contributed by atoms with Gasteiger partial charge in [0.05, 0.1) is 27.2 Å². The number of carbonyl (C=O) groups excluding carboxylic acids is 4. The molecule has 0 bridgehead atoms. The van der Waals surface area contributed by atoms with Crippen molar-refractivity contribution in [1.29, 1.82) is 0 Å². The first-order valence-corrected chi connectivity index (χ1v) is 24.1. The van der Waals surface area contributed by atoms with E-state index in [1.807, 2.05) is 48.5 Å². The van der Waals surface area contributed by atoms with Gasteiger partial charge >= 0.3 is 38.2 Å². The first kappa shape index (κ1) is 66.7. The van der Waals surface area contributed by atoms with Crippen molar-refractivity contribution in [1.82, 2.24) is 41.2 Å². The number of amides is 4. The molecule has 4 heterocycles. The maximum atomic E-state index is 12.4. The summed E-state index contributed by atoms with van der Waals surface area (Å²) in [4.78, 5) is 75.9. The van der Waals surface area contributed by atoms with Crippen LogP contribution in [-0.4, -0.2) is 80.3 Å². The van der Waals surface area contributed by atoms with E-state index in [0.29, 0.717) is 71.0 Å². The van der Waals surface area contributed by atoms with Crippen molar-refractivity contribution in [3.05, 3.63) is 111 Å². The number of carbonyl (C=O) groups is 4. The average Bonchev–Trinajstić information content (AvgIpc) is 3.30. The monoisotopic (exact) mass is 1200 g/mol. The molecule has 0 unspecified atom stereocenters. The van der Waals surface area contributed by atoms with Gasteiger partial charge in [-0.25, -0.2) is 57.2 Å². The first-order chi connectivity index (χ1) is 33.0.